The Labute approximate surface area is 105 Å². The van der Waals surface area contributed by atoms with E-state index in [1.54, 1.807) is 7.11 Å². The van der Waals surface area contributed by atoms with E-state index >= 15 is 0 Å². The normalized spacial score (nSPS) is 19.5. The molecular formula is C13H26N2O2. The summed E-state index contributed by atoms with van der Waals surface area (Å²) in [6, 6.07) is 0.484. The van der Waals surface area contributed by atoms with Crippen LogP contribution >= 0.6 is 0 Å². The average molecular weight is 242 g/mol. The number of nitrogens with zero attached hydrogens (tertiary/aromatic N) is 1. The number of unbranched alkanes of at least 4 members (excludes halogenated alkanes) is 1. The fraction of sp³-hybridized carbons (Fsp3) is 0.923. The second-order valence-electron chi connectivity index (χ2n) is 4.73. The molecular weight excluding hydrogens is 216 g/mol. The summed E-state index contributed by atoms with van der Waals surface area (Å²) in [5, 5.41) is 3.44. The van der Waals surface area contributed by atoms with Gasteiger partial charge in [-0.3, -0.25) is 4.79 Å². The first kappa shape index (κ1) is 14.5. The predicted octanol–water partition coefficient (Wildman–Crippen LogP) is 1.40. The molecule has 4 heteroatoms. The Morgan fingerprint density at radius 1 is 1.53 bits per heavy atom. The summed E-state index contributed by atoms with van der Waals surface area (Å²) in [5.74, 6) is 0.276. The molecule has 1 amide bonds. The molecule has 0 aromatic carbocycles. The molecule has 0 radical (unpaired) electrons. The van der Waals surface area contributed by atoms with Crippen molar-refractivity contribution in [3.8, 4) is 0 Å². The average Bonchev–Trinajstić information content (AvgIpc) is 2.84. The zero-order valence-corrected chi connectivity index (χ0v) is 11.2. The number of rotatable bonds is 8. The maximum atomic E-state index is 12.0. The molecule has 100 valence electrons. The molecule has 0 bridgehead atoms. The first-order valence-corrected chi connectivity index (χ1v) is 6.78. The van der Waals surface area contributed by atoms with Gasteiger partial charge in [0.05, 0.1) is 6.61 Å². The summed E-state index contributed by atoms with van der Waals surface area (Å²) >= 11 is 0. The Hall–Kier alpha value is -0.610. The van der Waals surface area contributed by atoms with Gasteiger partial charge >= 0.3 is 0 Å². The highest BCUT2D eigenvalue weighted by Crippen LogP contribution is 2.09. The van der Waals surface area contributed by atoms with Gasteiger partial charge in [0.15, 0.2) is 0 Å². The molecule has 1 aliphatic heterocycles. The van der Waals surface area contributed by atoms with E-state index in [4.69, 9.17) is 4.74 Å². The first-order chi connectivity index (χ1) is 8.27. The van der Waals surface area contributed by atoms with Gasteiger partial charge in [-0.15, -0.1) is 0 Å². The second-order valence-corrected chi connectivity index (χ2v) is 4.73. The molecule has 1 aliphatic rings. The molecule has 0 aliphatic carbocycles. The van der Waals surface area contributed by atoms with E-state index in [-0.39, 0.29) is 5.91 Å². The van der Waals surface area contributed by atoms with Crippen molar-refractivity contribution in [2.45, 2.75) is 45.1 Å². The van der Waals surface area contributed by atoms with Gasteiger partial charge in [0.2, 0.25) is 5.91 Å². The number of amides is 1. The van der Waals surface area contributed by atoms with Crippen molar-refractivity contribution in [3.05, 3.63) is 0 Å². The maximum Gasteiger partial charge on any atom is 0.222 e. The number of nitrogens with one attached hydrogen (secondary N) is 1. The third-order valence-corrected chi connectivity index (χ3v) is 3.27. The van der Waals surface area contributed by atoms with Gasteiger partial charge in [-0.1, -0.05) is 13.3 Å². The van der Waals surface area contributed by atoms with E-state index in [0.29, 0.717) is 19.1 Å². The maximum absolute atomic E-state index is 12.0. The first-order valence-electron chi connectivity index (χ1n) is 6.78. The van der Waals surface area contributed by atoms with Crippen molar-refractivity contribution < 1.29 is 9.53 Å². The van der Waals surface area contributed by atoms with E-state index in [1.165, 1.54) is 12.8 Å². The Morgan fingerprint density at radius 3 is 2.94 bits per heavy atom. The SMILES string of the molecule is CCCCC(=O)N(CCOC)CC1CCCN1. The Bertz CT molecular complexity index is 215. The summed E-state index contributed by atoms with van der Waals surface area (Å²) in [4.78, 5) is 14.0. The van der Waals surface area contributed by atoms with Crippen LogP contribution in [0.4, 0.5) is 0 Å². The number of ether oxygens (including phenoxy) is 1. The Kier molecular flexibility index (Phi) is 7.21. The summed E-state index contributed by atoms with van der Waals surface area (Å²) in [7, 11) is 1.68. The van der Waals surface area contributed by atoms with Crippen molar-refractivity contribution in [1.82, 2.24) is 10.2 Å². The van der Waals surface area contributed by atoms with Gasteiger partial charge in [-0.05, 0) is 25.8 Å². The van der Waals surface area contributed by atoms with Crippen LogP contribution in [0.15, 0.2) is 0 Å². The van der Waals surface area contributed by atoms with Crippen molar-refractivity contribution in [2.75, 3.05) is 33.4 Å². The van der Waals surface area contributed by atoms with Crippen LogP contribution in [0.3, 0.4) is 0 Å². The fourth-order valence-electron chi connectivity index (χ4n) is 2.18. The molecule has 0 aromatic rings. The van der Waals surface area contributed by atoms with Crippen LogP contribution in [0.1, 0.15) is 39.0 Å². The zero-order valence-electron chi connectivity index (χ0n) is 11.2. The van der Waals surface area contributed by atoms with E-state index in [9.17, 15) is 4.79 Å². The van der Waals surface area contributed by atoms with Crippen LogP contribution in [-0.4, -0.2) is 50.2 Å². The number of methoxy groups -OCH3 is 1. The molecule has 1 unspecified atom stereocenters. The number of carbonyl (C=O) groups is 1. The second kappa shape index (κ2) is 8.48. The Balaban J connectivity index is 2.37. The van der Waals surface area contributed by atoms with Crippen molar-refractivity contribution in [3.63, 3.8) is 0 Å². The third kappa shape index (κ3) is 5.50. The highest BCUT2D eigenvalue weighted by Gasteiger charge is 2.20. The summed E-state index contributed by atoms with van der Waals surface area (Å²) < 4.78 is 5.08. The number of carbonyl (C=O) groups excluding carboxylic acids is 1. The van der Waals surface area contributed by atoms with E-state index in [0.717, 1.165) is 32.5 Å². The quantitative estimate of drug-likeness (QED) is 0.699. The summed E-state index contributed by atoms with van der Waals surface area (Å²) in [6.45, 7) is 5.39. The van der Waals surface area contributed by atoms with Gasteiger partial charge in [0.1, 0.15) is 0 Å². The largest absolute Gasteiger partial charge is 0.383 e. The Morgan fingerprint density at radius 2 is 2.35 bits per heavy atom. The molecule has 0 saturated carbocycles. The fourth-order valence-corrected chi connectivity index (χ4v) is 2.18. The lowest BCUT2D eigenvalue weighted by atomic mass is 10.2. The molecule has 1 saturated heterocycles. The number of hydrogen-bond donors (Lipinski definition) is 1. The molecule has 17 heavy (non-hydrogen) atoms. The minimum atomic E-state index is 0.276. The molecule has 1 rings (SSSR count). The standard InChI is InChI=1S/C13H26N2O2/c1-3-4-7-13(16)15(9-10-17-2)11-12-6-5-8-14-12/h12,14H,3-11H2,1-2H3. The lowest BCUT2D eigenvalue weighted by molar-refractivity contribution is -0.132. The minimum absolute atomic E-state index is 0.276. The zero-order chi connectivity index (χ0) is 12.5. The van der Waals surface area contributed by atoms with Gasteiger partial charge in [-0.25, -0.2) is 0 Å². The molecule has 0 aromatic heterocycles. The number of hydrogen-bond acceptors (Lipinski definition) is 3. The van der Waals surface area contributed by atoms with Crippen molar-refractivity contribution >= 4 is 5.91 Å². The smallest absolute Gasteiger partial charge is 0.222 e. The van der Waals surface area contributed by atoms with Crippen LogP contribution in [-0.2, 0) is 9.53 Å². The lowest BCUT2D eigenvalue weighted by Gasteiger charge is -2.25. The highest BCUT2D eigenvalue weighted by molar-refractivity contribution is 5.76. The summed E-state index contributed by atoms with van der Waals surface area (Å²) in [6.07, 6.45) is 5.15. The molecule has 1 atom stereocenters. The monoisotopic (exact) mass is 242 g/mol. The van der Waals surface area contributed by atoms with E-state index in [2.05, 4.69) is 12.2 Å². The van der Waals surface area contributed by atoms with E-state index in [1.807, 2.05) is 4.90 Å². The lowest BCUT2D eigenvalue weighted by Crippen LogP contribution is -2.42. The highest BCUT2D eigenvalue weighted by atomic mass is 16.5. The van der Waals surface area contributed by atoms with Gasteiger partial charge in [-0.2, -0.15) is 0 Å². The van der Waals surface area contributed by atoms with Gasteiger partial charge in [0.25, 0.3) is 0 Å². The van der Waals surface area contributed by atoms with Crippen LogP contribution in [0.2, 0.25) is 0 Å². The van der Waals surface area contributed by atoms with E-state index < -0.39 is 0 Å². The van der Waals surface area contributed by atoms with Crippen LogP contribution in [0.5, 0.6) is 0 Å². The van der Waals surface area contributed by atoms with Gasteiger partial charge in [0, 0.05) is 32.7 Å². The van der Waals surface area contributed by atoms with Crippen LogP contribution < -0.4 is 5.32 Å². The predicted molar refractivity (Wildman–Crippen MR) is 69.0 cm³/mol. The minimum Gasteiger partial charge on any atom is -0.383 e. The molecule has 4 nitrogen and oxygen atoms in total. The summed E-state index contributed by atoms with van der Waals surface area (Å²) in [5.41, 5.74) is 0. The van der Waals surface area contributed by atoms with Crippen molar-refractivity contribution in [1.29, 1.82) is 0 Å². The van der Waals surface area contributed by atoms with Crippen LogP contribution in [0, 0.1) is 0 Å². The van der Waals surface area contributed by atoms with Crippen molar-refractivity contribution in [2.24, 2.45) is 0 Å². The molecule has 1 heterocycles. The molecule has 1 fully saturated rings. The molecule has 0 spiro atoms. The third-order valence-electron chi connectivity index (χ3n) is 3.27. The van der Waals surface area contributed by atoms with Crippen LogP contribution in [0.25, 0.3) is 0 Å². The topological polar surface area (TPSA) is 41.6 Å². The van der Waals surface area contributed by atoms with Gasteiger partial charge < -0.3 is 15.0 Å². The molecule has 1 N–H and O–H groups in total.